The van der Waals surface area contributed by atoms with Crippen molar-refractivity contribution in [2.75, 3.05) is 12.4 Å². The number of hydrogen-bond acceptors (Lipinski definition) is 5. The van der Waals surface area contributed by atoms with Gasteiger partial charge in [-0.2, -0.15) is 0 Å². The summed E-state index contributed by atoms with van der Waals surface area (Å²) in [5.74, 6) is 0.670. The zero-order valence-corrected chi connectivity index (χ0v) is 14.8. The van der Waals surface area contributed by atoms with E-state index in [2.05, 4.69) is 15.3 Å². The third-order valence-corrected chi connectivity index (χ3v) is 4.58. The smallest absolute Gasteiger partial charge is 0.237 e. The minimum absolute atomic E-state index is 0.0837. The number of carbonyl (C=O) groups is 1. The summed E-state index contributed by atoms with van der Waals surface area (Å²) in [7, 11) is 1.61. The van der Waals surface area contributed by atoms with Crippen LogP contribution in [0.25, 0.3) is 0 Å². The number of carbonyl (C=O) groups excluding carboxylic acids is 1. The number of benzene rings is 1. The molecule has 122 valence electrons. The van der Waals surface area contributed by atoms with E-state index in [9.17, 15) is 4.79 Å². The molecule has 0 fully saturated rings. The fourth-order valence-electron chi connectivity index (χ4n) is 1.92. The lowest BCUT2D eigenvalue weighted by Gasteiger charge is -2.13. The Morgan fingerprint density at radius 3 is 2.22 bits per heavy atom. The zero-order valence-electron chi connectivity index (χ0n) is 14.0. The summed E-state index contributed by atoms with van der Waals surface area (Å²) in [6.45, 7) is 7.75. The molecule has 0 spiro atoms. The predicted octanol–water partition coefficient (Wildman–Crippen LogP) is 3.53. The first-order valence-corrected chi connectivity index (χ1v) is 8.22. The minimum atomic E-state index is -0.293. The van der Waals surface area contributed by atoms with Gasteiger partial charge in [0.2, 0.25) is 5.91 Å². The van der Waals surface area contributed by atoms with Gasteiger partial charge in [0.25, 0.3) is 0 Å². The summed E-state index contributed by atoms with van der Waals surface area (Å²) in [6, 6.07) is 7.24. The molecule has 2 aromatic rings. The van der Waals surface area contributed by atoms with Crippen LogP contribution in [0, 0.1) is 20.8 Å². The number of thioether (sulfide) groups is 1. The molecular formula is C17H21N3O2S. The van der Waals surface area contributed by atoms with E-state index in [0.717, 1.165) is 28.4 Å². The Kier molecular flexibility index (Phi) is 5.60. The number of rotatable bonds is 5. The van der Waals surface area contributed by atoms with Crippen molar-refractivity contribution < 1.29 is 9.53 Å². The van der Waals surface area contributed by atoms with Crippen LogP contribution in [0.3, 0.4) is 0 Å². The summed E-state index contributed by atoms with van der Waals surface area (Å²) in [6.07, 6.45) is 0. The van der Waals surface area contributed by atoms with Gasteiger partial charge in [-0.05, 0) is 57.5 Å². The summed E-state index contributed by atoms with van der Waals surface area (Å²) in [5.41, 5.74) is 3.72. The van der Waals surface area contributed by atoms with E-state index >= 15 is 0 Å². The number of nitrogens with one attached hydrogen (secondary N) is 1. The van der Waals surface area contributed by atoms with Crippen molar-refractivity contribution >= 4 is 23.4 Å². The molecule has 1 N–H and O–H groups in total. The summed E-state index contributed by atoms with van der Waals surface area (Å²) < 4.78 is 5.10. The van der Waals surface area contributed by atoms with E-state index in [1.54, 1.807) is 7.11 Å². The molecule has 1 heterocycles. The topological polar surface area (TPSA) is 64.1 Å². The molecule has 0 bridgehead atoms. The Morgan fingerprint density at radius 1 is 1.13 bits per heavy atom. The molecule has 2 rings (SSSR count). The zero-order chi connectivity index (χ0) is 17.0. The van der Waals surface area contributed by atoms with Gasteiger partial charge < -0.3 is 10.1 Å². The number of amides is 1. The second-order valence-corrected chi connectivity index (χ2v) is 6.59. The average molecular weight is 331 g/mol. The lowest BCUT2D eigenvalue weighted by molar-refractivity contribution is -0.115. The number of nitrogens with zero attached hydrogens (tertiary/aromatic N) is 2. The van der Waals surface area contributed by atoms with Crippen LogP contribution in [-0.4, -0.2) is 28.2 Å². The number of ether oxygens (including phenoxy) is 1. The quantitative estimate of drug-likeness (QED) is 0.671. The first-order valence-electron chi connectivity index (χ1n) is 7.34. The van der Waals surface area contributed by atoms with Crippen molar-refractivity contribution in [3.8, 4) is 5.75 Å². The van der Waals surface area contributed by atoms with Crippen molar-refractivity contribution in [3.05, 3.63) is 41.2 Å². The third-order valence-electron chi connectivity index (χ3n) is 3.62. The fourth-order valence-corrected chi connectivity index (χ4v) is 2.79. The van der Waals surface area contributed by atoms with E-state index in [4.69, 9.17) is 4.74 Å². The van der Waals surface area contributed by atoms with Crippen LogP contribution in [0.2, 0.25) is 0 Å². The van der Waals surface area contributed by atoms with Crippen molar-refractivity contribution in [3.63, 3.8) is 0 Å². The standard InChI is InChI=1S/C17H21N3O2S/c1-10-11(2)18-17(19-12(10)3)23-13(4)16(21)20-14-6-8-15(22-5)9-7-14/h6-9,13H,1-5H3,(H,20,21)/t13-/m0/s1. The van der Waals surface area contributed by atoms with Crippen LogP contribution in [0.1, 0.15) is 23.9 Å². The molecule has 1 amide bonds. The molecule has 0 aliphatic rings. The van der Waals surface area contributed by atoms with Crippen LogP contribution in [0.5, 0.6) is 5.75 Å². The summed E-state index contributed by atoms with van der Waals surface area (Å²) in [5, 5.41) is 3.22. The molecule has 1 aromatic carbocycles. The summed E-state index contributed by atoms with van der Waals surface area (Å²) in [4.78, 5) is 21.2. The number of aromatic nitrogens is 2. The van der Waals surface area contributed by atoms with E-state index in [1.807, 2.05) is 52.0 Å². The van der Waals surface area contributed by atoms with Gasteiger partial charge in [-0.25, -0.2) is 9.97 Å². The highest BCUT2D eigenvalue weighted by atomic mass is 32.2. The van der Waals surface area contributed by atoms with E-state index in [1.165, 1.54) is 11.8 Å². The first-order chi connectivity index (χ1) is 10.9. The van der Waals surface area contributed by atoms with Gasteiger partial charge in [-0.15, -0.1) is 0 Å². The van der Waals surface area contributed by atoms with E-state index in [-0.39, 0.29) is 11.2 Å². The normalized spacial score (nSPS) is 11.9. The maximum absolute atomic E-state index is 12.3. The predicted molar refractivity (Wildman–Crippen MR) is 93.2 cm³/mol. The number of anilines is 1. The van der Waals surface area contributed by atoms with Gasteiger partial charge in [0, 0.05) is 17.1 Å². The first kappa shape index (κ1) is 17.3. The largest absolute Gasteiger partial charge is 0.497 e. The van der Waals surface area contributed by atoms with Crippen molar-refractivity contribution in [2.45, 2.75) is 38.1 Å². The van der Waals surface area contributed by atoms with E-state index in [0.29, 0.717) is 5.16 Å². The number of aryl methyl sites for hydroxylation is 2. The second-order valence-electron chi connectivity index (χ2n) is 5.28. The van der Waals surface area contributed by atoms with Crippen molar-refractivity contribution in [2.24, 2.45) is 0 Å². The van der Waals surface area contributed by atoms with Crippen LogP contribution in [0.4, 0.5) is 5.69 Å². The Hall–Kier alpha value is -2.08. The molecule has 0 radical (unpaired) electrons. The monoisotopic (exact) mass is 331 g/mol. The second kappa shape index (κ2) is 7.46. The number of methoxy groups -OCH3 is 1. The third kappa shape index (κ3) is 4.45. The van der Waals surface area contributed by atoms with Crippen LogP contribution in [-0.2, 0) is 4.79 Å². The molecule has 5 nitrogen and oxygen atoms in total. The minimum Gasteiger partial charge on any atom is -0.497 e. The molecule has 1 atom stereocenters. The Labute approximate surface area is 140 Å². The molecule has 0 saturated carbocycles. The van der Waals surface area contributed by atoms with Gasteiger partial charge in [-0.1, -0.05) is 11.8 Å². The SMILES string of the molecule is COc1ccc(NC(=O)[C@H](C)Sc2nc(C)c(C)c(C)n2)cc1. The van der Waals surface area contributed by atoms with Crippen LogP contribution >= 0.6 is 11.8 Å². The molecule has 23 heavy (non-hydrogen) atoms. The maximum Gasteiger partial charge on any atom is 0.237 e. The molecule has 6 heteroatoms. The fraction of sp³-hybridized carbons (Fsp3) is 0.353. The summed E-state index contributed by atoms with van der Waals surface area (Å²) >= 11 is 1.36. The van der Waals surface area contributed by atoms with Gasteiger partial charge in [-0.3, -0.25) is 4.79 Å². The van der Waals surface area contributed by atoms with Crippen LogP contribution < -0.4 is 10.1 Å². The van der Waals surface area contributed by atoms with Gasteiger partial charge in [0.15, 0.2) is 5.16 Å². The highest BCUT2D eigenvalue weighted by Crippen LogP contribution is 2.23. The molecule has 0 unspecified atom stereocenters. The maximum atomic E-state index is 12.3. The lowest BCUT2D eigenvalue weighted by Crippen LogP contribution is -2.22. The van der Waals surface area contributed by atoms with Gasteiger partial charge in [0.05, 0.1) is 12.4 Å². The Bertz CT molecular complexity index is 678. The van der Waals surface area contributed by atoms with Crippen molar-refractivity contribution in [1.29, 1.82) is 0 Å². The number of hydrogen-bond donors (Lipinski definition) is 1. The highest BCUT2D eigenvalue weighted by molar-refractivity contribution is 8.00. The highest BCUT2D eigenvalue weighted by Gasteiger charge is 2.17. The molecule has 0 saturated heterocycles. The van der Waals surface area contributed by atoms with Gasteiger partial charge in [0.1, 0.15) is 5.75 Å². The van der Waals surface area contributed by atoms with Crippen LogP contribution in [0.15, 0.2) is 29.4 Å². The molecule has 1 aromatic heterocycles. The van der Waals surface area contributed by atoms with Gasteiger partial charge >= 0.3 is 0 Å². The molecule has 0 aliphatic heterocycles. The lowest BCUT2D eigenvalue weighted by atomic mass is 10.2. The molecular weight excluding hydrogens is 310 g/mol. The average Bonchev–Trinajstić information content (AvgIpc) is 2.53. The Morgan fingerprint density at radius 2 is 1.70 bits per heavy atom. The Balaban J connectivity index is 2.02. The van der Waals surface area contributed by atoms with E-state index < -0.39 is 0 Å². The molecule has 0 aliphatic carbocycles. The van der Waals surface area contributed by atoms with Crippen molar-refractivity contribution in [1.82, 2.24) is 9.97 Å².